The molecule has 75 heavy (non-hydrogen) atoms. The number of hydrogen-bond donors (Lipinski definition) is 0. The first-order chi connectivity index (χ1) is 34.3. The number of Topliss-reactive ketones (excluding diaryl/α,β-unsaturated/α-hetero) is 2. The van der Waals surface area contributed by atoms with Crippen LogP contribution in [0.25, 0.3) is 0 Å². The number of carbonyl (C=O) groups is 4. The predicted octanol–water partition coefficient (Wildman–Crippen LogP) is 1.61. The molecule has 0 atom stereocenters. The first-order valence-electron chi connectivity index (χ1n) is 24.5. The molecule has 26 heteroatoms. The second-order valence-electron chi connectivity index (χ2n) is 20.4. The van der Waals surface area contributed by atoms with Crippen LogP contribution in [0.1, 0.15) is 131 Å². The van der Waals surface area contributed by atoms with Gasteiger partial charge in [0.15, 0.2) is 11.5 Å². The van der Waals surface area contributed by atoms with Crippen LogP contribution in [0.3, 0.4) is 0 Å². The standard InChI is InChI=1S/2C12H16F2O5S.2C12H15OS.CH4.B4.BrH.Na/c2*13-12(14,20-19-18-16)10(15)17-11-4-7-1-8(5-11)3-9(2-7)6-11;2*13-12(10-14-8-4-5-9-14)11-6-2-1-3-7-11;;1-4(2)3;;/h2*7-9,16H,1-6H2;2*1-3,6-7H,4-5,8-10H2;1H4;;1H;/q;;2*+1;;;;+1/p-3. The molecule has 404 valence electrons. The number of carbonyl (C=O) groups excluding carboxylic acids is 4. The maximum absolute atomic E-state index is 13.4. The van der Waals surface area contributed by atoms with Gasteiger partial charge < -0.3 is 37.0 Å². The molecule has 0 unspecified atom stereocenters. The minimum absolute atomic E-state index is 0. The topological polar surface area (TPSA) is 170 Å². The third kappa shape index (κ3) is 21.6. The minimum Gasteiger partial charge on any atom is -1.00 e. The molecule has 0 N–H and O–H groups in total. The van der Waals surface area contributed by atoms with Crippen LogP contribution < -0.4 is 57.1 Å². The zero-order valence-electron chi connectivity index (χ0n) is 41.5. The van der Waals surface area contributed by atoms with Gasteiger partial charge in [-0.2, -0.15) is 26.2 Å². The first-order valence-corrected chi connectivity index (χ1v) is 29.5. The van der Waals surface area contributed by atoms with Gasteiger partial charge >= 0.3 is 52.0 Å². The molecule has 10 fully saturated rings. The average molecular weight is 1200 g/mol. The van der Waals surface area contributed by atoms with Crippen molar-refractivity contribution in [3.8, 4) is 0 Å². The molecule has 2 heterocycles. The summed E-state index contributed by atoms with van der Waals surface area (Å²) >= 11 is -1.25. The third-order valence-electron chi connectivity index (χ3n) is 14.5. The van der Waals surface area contributed by atoms with Crippen LogP contribution in [0.5, 0.6) is 0 Å². The van der Waals surface area contributed by atoms with E-state index in [1.54, 1.807) is 0 Å². The molecule has 6 radical (unpaired) electrons. The number of benzene rings is 2. The summed E-state index contributed by atoms with van der Waals surface area (Å²) < 4.78 is 71.2. The van der Waals surface area contributed by atoms with Crippen LogP contribution >= 0.6 is 24.1 Å². The average Bonchev–Trinajstić information content (AvgIpc) is 4.05. The second kappa shape index (κ2) is 32.7. The van der Waals surface area contributed by atoms with Crippen molar-refractivity contribution >= 4 is 99.0 Å². The molecule has 2 aromatic rings. The minimum atomic E-state index is -3.94. The van der Waals surface area contributed by atoms with Crippen LogP contribution in [0.2, 0.25) is 0 Å². The molecule has 2 saturated heterocycles. The number of ketones is 2. The number of ether oxygens (including phenoxy) is 2. The van der Waals surface area contributed by atoms with Gasteiger partial charge in [-0.3, -0.25) is 19.7 Å². The van der Waals surface area contributed by atoms with Crippen LogP contribution in [0.4, 0.5) is 17.6 Å². The van der Waals surface area contributed by atoms with Gasteiger partial charge in [0, 0.05) is 40.7 Å². The molecule has 8 aliphatic carbocycles. The quantitative estimate of drug-likeness (QED) is 0.0348. The molecular formula is C49H64B4BrF4NaO12S4. The Bertz CT molecular complexity index is 1850. The van der Waals surface area contributed by atoms with E-state index in [0.717, 1.165) is 61.2 Å². The number of alkyl halides is 4. The zero-order valence-corrected chi connectivity index (χ0v) is 48.4. The fourth-order valence-corrected chi connectivity index (χ4v) is 17.5. The molecule has 12 nitrogen and oxygen atoms in total. The van der Waals surface area contributed by atoms with E-state index in [1.165, 1.54) is 48.7 Å². The van der Waals surface area contributed by atoms with Crippen molar-refractivity contribution in [3.05, 3.63) is 71.8 Å². The Morgan fingerprint density at radius 3 is 1.05 bits per heavy atom. The summed E-state index contributed by atoms with van der Waals surface area (Å²) in [5, 5.41) is 17.0. The number of rotatable bonds is 16. The third-order valence-corrected chi connectivity index (χ3v) is 20.3. The van der Waals surface area contributed by atoms with Crippen LogP contribution in [-0.4, -0.2) is 109 Å². The Kier molecular flexibility index (Phi) is 29.9. The zero-order chi connectivity index (χ0) is 51.9. The summed E-state index contributed by atoms with van der Waals surface area (Å²) in [6.45, 7) is 0. The number of halogens is 5. The smallest absolute Gasteiger partial charge is 1.00 e. The molecular weight excluding hydrogens is 1130 g/mol. The SMILES string of the molecule is C.O=C(C[S+]1CCCC1)c1ccccc1.O=C(C[S+]1CCCC1)c1ccccc1.O=C(OC12CC3CC(CC(C3)C1)C2)C(F)(F)SOO[O-].O=C(OC12CC3CC(CC(C3)C1)C2)C(F)(F)SOO[O-].[B]B([B])[B].[Br-].[Na+]. The summed E-state index contributed by atoms with van der Waals surface area (Å²) in [6, 6.07) is 19.3. The number of esters is 2. The van der Waals surface area contributed by atoms with Gasteiger partial charge in [0.1, 0.15) is 58.3 Å². The van der Waals surface area contributed by atoms with E-state index in [1.807, 2.05) is 60.7 Å². The Labute approximate surface area is 490 Å². The van der Waals surface area contributed by atoms with Gasteiger partial charge in [0.05, 0.1) is 0 Å². The molecule has 0 amide bonds. The van der Waals surface area contributed by atoms with Gasteiger partial charge in [-0.05, 0) is 160 Å². The van der Waals surface area contributed by atoms with Crippen LogP contribution in [-0.2, 0) is 59.6 Å². The Morgan fingerprint density at radius 2 is 0.813 bits per heavy atom. The monoisotopic (exact) mass is 1190 g/mol. The maximum Gasteiger partial charge on any atom is 1.00 e. The van der Waals surface area contributed by atoms with Crippen molar-refractivity contribution in [2.75, 3.05) is 34.5 Å². The normalized spacial score (nSPS) is 27.5. The Balaban J connectivity index is 0.000000257. The number of hydrogen-bond acceptors (Lipinski definition) is 14. The molecule has 0 aromatic heterocycles. The van der Waals surface area contributed by atoms with E-state index < -0.39 is 64.1 Å². The van der Waals surface area contributed by atoms with E-state index in [9.17, 15) is 47.3 Å². The van der Waals surface area contributed by atoms with E-state index in [-0.39, 0.29) is 54.0 Å². The molecule has 2 aromatic carbocycles. The molecule has 8 saturated carbocycles. The van der Waals surface area contributed by atoms with Crippen LogP contribution in [0, 0.1) is 35.5 Å². The summed E-state index contributed by atoms with van der Waals surface area (Å²) in [7, 11) is 14.8. The maximum atomic E-state index is 13.4. The fourth-order valence-electron chi connectivity index (χ4n) is 12.5. The van der Waals surface area contributed by atoms with E-state index >= 15 is 0 Å². The van der Waals surface area contributed by atoms with Crippen molar-refractivity contribution in [2.24, 2.45) is 35.5 Å². The largest absolute Gasteiger partial charge is 1.00 e. The Morgan fingerprint density at radius 1 is 0.560 bits per heavy atom. The first kappa shape index (κ1) is 68.6. The van der Waals surface area contributed by atoms with E-state index in [2.05, 4.69) is 42.0 Å². The second-order valence-corrected chi connectivity index (χ2v) is 26.6. The fraction of sp³-hybridized carbons (Fsp3) is 0.673. The van der Waals surface area contributed by atoms with E-state index in [0.29, 0.717) is 107 Å². The van der Waals surface area contributed by atoms with Crippen molar-refractivity contribution in [2.45, 2.75) is 132 Å². The van der Waals surface area contributed by atoms with Crippen molar-refractivity contribution in [1.82, 2.24) is 0 Å². The summed E-state index contributed by atoms with van der Waals surface area (Å²) in [4.78, 5) is 46.9. The van der Waals surface area contributed by atoms with Crippen molar-refractivity contribution in [3.63, 3.8) is 0 Å². The predicted molar refractivity (Wildman–Crippen MR) is 277 cm³/mol. The van der Waals surface area contributed by atoms with Crippen molar-refractivity contribution in [1.29, 1.82) is 0 Å². The molecule has 2 aliphatic heterocycles. The Hall–Kier alpha value is -0.660. The summed E-state index contributed by atoms with van der Waals surface area (Å²) in [6.07, 6.45) is 15.4. The van der Waals surface area contributed by atoms with Gasteiger partial charge in [0.25, 0.3) is 0 Å². The van der Waals surface area contributed by atoms with Gasteiger partial charge in [-0.1, -0.05) is 68.1 Å². The molecule has 10 aliphatic rings. The molecule has 8 bridgehead atoms. The van der Waals surface area contributed by atoms with Gasteiger partial charge in [0.2, 0.25) is 11.6 Å². The molecule has 12 rings (SSSR count). The van der Waals surface area contributed by atoms with Crippen molar-refractivity contribution < 1.29 is 122 Å². The van der Waals surface area contributed by atoms with Gasteiger partial charge in [-0.15, -0.1) is 0 Å². The van der Waals surface area contributed by atoms with Gasteiger partial charge in [-0.25, -0.2) is 9.59 Å². The summed E-state index contributed by atoms with van der Waals surface area (Å²) in [5.41, 5.74) is 0.279. The van der Waals surface area contributed by atoms with E-state index in [4.69, 9.17) is 9.47 Å². The summed E-state index contributed by atoms with van der Waals surface area (Å²) in [5.74, 6) is 6.92. The molecule has 0 spiro atoms. The van der Waals surface area contributed by atoms with Crippen LogP contribution in [0.15, 0.2) is 60.7 Å².